The van der Waals surface area contributed by atoms with Crippen molar-refractivity contribution in [2.45, 2.75) is 51.0 Å². The van der Waals surface area contributed by atoms with E-state index >= 15 is 0 Å². The second-order valence-electron chi connectivity index (χ2n) is 6.14. The minimum absolute atomic E-state index is 0.833. The SMILES string of the molecule is CN1CCCC2CN(CCCCCCCl)CCC21. The molecule has 18 heavy (non-hydrogen) atoms. The van der Waals surface area contributed by atoms with Crippen molar-refractivity contribution in [2.75, 3.05) is 39.1 Å². The number of hydrogen-bond acceptors (Lipinski definition) is 2. The Bertz CT molecular complexity index is 235. The Balaban J connectivity index is 1.64. The molecule has 2 rings (SSSR count). The molecule has 0 aromatic rings. The lowest BCUT2D eigenvalue weighted by atomic mass is 9.84. The zero-order valence-electron chi connectivity index (χ0n) is 11.9. The number of alkyl halides is 1. The lowest BCUT2D eigenvalue weighted by Crippen LogP contribution is -2.52. The third-order valence-corrected chi connectivity index (χ3v) is 5.06. The number of unbranched alkanes of at least 4 members (excludes halogenated alkanes) is 3. The van der Waals surface area contributed by atoms with Crippen LogP contribution in [0.4, 0.5) is 0 Å². The number of likely N-dealkylation sites (tertiary alicyclic amines) is 2. The molecule has 0 amide bonds. The van der Waals surface area contributed by atoms with Crippen molar-refractivity contribution in [3.8, 4) is 0 Å². The van der Waals surface area contributed by atoms with Gasteiger partial charge in [0.25, 0.3) is 0 Å². The van der Waals surface area contributed by atoms with Gasteiger partial charge in [0.15, 0.2) is 0 Å². The first-order valence-electron chi connectivity index (χ1n) is 7.80. The summed E-state index contributed by atoms with van der Waals surface area (Å²) in [5, 5.41) is 0. The van der Waals surface area contributed by atoms with Crippen molar-refractivity contribution in [2.24, 2.45) is 5.92 Å². The number of hydrogen-bond donors (Lipinski definition) is 0. The van der Waals surface area contributed by atoms with Crippen LogP contribution in [0.3, 0.4) is 0 Å². The number of halogens is 1. The van der Waals surface area contributed by atoms with Crippen molar-refractivity contribution in [3.05, 3.63) is 0 Å². The van der Waals surface area contributed by atoms with Gasteiger partial charge in [0.05, 0.1) is 0 Å². The molecule has 2 nitrogen and oxygen atoms in total. The summed E-state index contributed by atoms with van der Waals surface area (Å²) >= 11 is 5.70. The molecule has 0 aliphatic carbocycles. The van der Waals surface area contributed by atoms with E-state index in [0.717, 1.165) is 17.8 Å². The molecule has 2 unspecified atom stereocenters. The highest BCUT2D eigenvalue weighted by atomic mass is 35.5. The predicted octanol–water partition coefficient (Wildman–Crippen LogP) is 3.20. The van der Waals surface area contributed by atoms with E-state index in [-0.39, 0.29) is 0 Å². The monoisotopic (exact) mass is 272 g/mol. The maximum atomic E-state index is 5.70. The van der Waals surface area contributed by atoms with E-state index in [1.807, 2.05) is 0 Å². The van der Waals surface area contributed by atoms with E-state index in [2.05, 4.69) is 16.8 Å². The highest BCUT2D eigenvalue weighted by Crippen LogP contribution is 2.29. The highest BCUT2D eigenvalue weighted by molar-refractivity contribution is 6.17. The van der Waals surface area contributed by atoms with Gasteiger partial charge in [0, 0.05) is 18.5 Å². The van der Waals surface area contributed by atoms with Gasteiger partial charge in [0.1, 0.15) is 0 Å². The van der Waals surface area contributed by atoms with Crippen molar-refractivity contribution in [3.63, 3.8) is 0 Å². The maximum Gasteiger partial charge on any atom is 0.0223 e. The van der Waals surface area contributed by atoms with Crippen molar-refractivity contribution < 1.29 is 0 Å². The molecule has 0 spiro atoms. The summed E-state index contributed by atoms with van der Waals surface area (Å²) in [6, 6.07) is 0.881. The van der Waals surface area contributed by atoms with Gasteiger partial charge in [-0.2, -0.15) is 0 Å². The molecule has 106 valence electrons. The second kappa shape index (κ2) is 7.72. The van der Waals surface area contributed by atoms with Crippen LogP contribution in [0.2, 0.25) is 0 Å². The summed E-state index contributed by atoms with van der Waals surface area (Å²) in [4.78, 5) is 5.31. The lowest BCUT2D eigenvalue weighted by molar-refractivity contribution is 0.0380. The highest BCUT2D eigenvalue weighted by Gasteiger charge is 2.33. The fourth-order valence-corrected chi connectivity index (χ4v) is 3.90. The molecule has 2 aliphatic heterocycles. The van der Waals surface area contributed by atoms with Gasteiger partial charge in [0.2, 0.25) is 0 Å². The average molecular weight is 273 g/mol. The first-order valence-corrected chi connectivity index (χ1v) is 8.33. The van der Waals surface area contributed by atoms with Crippen molar-refractivity contribution >= 4 is 11.6 Å². The molecule has 0 radical (unpaired) electrons. The Labute approximate surface area is 118 Å². The van der Waals surface area contributed by atoms with Crippen molar-refractivity contribution in [1.29, 1.82) is 0 Å². The predicted molar refractivity (Wildman–Crippen MR) is 79.4 cm³/mol. The molecule has 2 atom stereocenters. The van der Waals surface area contributed by atoms with Gasteiger partial charge >= 0.3 is 0 Å². The fraction of sp³-hybridized carbons (Fsp3) is 1.00. The first kappa shape index (κ1) is 14.6. The molecule has 2 aliphatic rings. The van der Waals surface area contributed by atoms with E-state index in [4.69, 9.17) is 11.6 Å². The third kappa shape index (κ3) is 4.11. The van der Waals surface area contributed by atoms with Crippen LogP contribution in [-0.4, -0.2) is 54.9 Å². The fourth-order valence-electron chi connectivity index (χ4n) is 3.71. The van der Waals surface area contributed by atoms with Crippen LogP contribution in [0.15, 0.2) is 0 Å². The number of nitrogens with zero attached hydrogens (tertiary/aromatic N) is 2. The van der Waals surface area contributed by atoms with E-state index in [0.29, 0.717) is 0 Å². The Morgan fingerprint density at radius 2 is 1.89 bits per heavy atom. The summed E-state index contributed by atoms with van der Waals surface area (Å²) in [5.74, 6) is 1.78. The molecular formula is C15H29ClN2. The number of fused-ring (bicyclic) bond motifs is 1. The quantitative estimate of drug-likeness (QED) is 0.541. The van der Waals surface area contributed by atoms with E-state index < -0.39 is 0 Å². The Hall–Kier alpha value is 0.210. The molecule has 2 fully saturated rings. The average Bonchev–Trinajstić information content (AvgIpc) is 2.39. The topological polar surface area (TPSA) is 6.48 Å². The first-order chi connectivity index (χ1) is 8.81. The zero-order chi connectivity index (χ0) is 12.8. The Morgan fingerprint density at radius 1 is 1.06 bits per heavy atom. The summed E-state index contributed by atoms with van der Waals surface area (Å²) in [7, 11) is 2.32. The van der Waals surface area contributed by atoms with Gasteiger partial charge in [-0.3, -0.25) is 0 Å². The summed E-state index contributed by atoms with van der Waals surface area (Å²) in [6.07, 6.45) is 9.48. The largest absolute Gasteiger partial charge is 0.303 e. The van der Waals surface area contributed by atoms with Crippen LogP contribution in [0.1, 0.15) is 44.9 Å². The summed E-state index contributed by atoms with van der Waals surface area (Å²) < 4.78 is 0. The van der Waals surface area contributed by atoms with Gasteiger partial charge in [-0.1, -0.05) is 12.8 Å². The van der Waals surface area contributed by atoms with Gasteiger partial charge in [-0.15, -0.1) is 11.6 Å². The maximum absolute atomic E-state index is 5.70. The van der Waals surface area contributed by atoms with Gasteiger partial charge < -0.3 is 9.80 Å². The molecule has 0 aromatic carbocycles. The molecule has 2 saturated heterocycles. The molecule has 3 heteroatoms. The van der Waals surface area contributed by atoms with E-state index in [1.165, 1.54) is 71.1 Å². The Morgan fingerprint density at radius 3 is 2.72 bits per heavy atom. The minimum atomic E-state index is 0.833. The third-order valence-electron chi connectivity index (χ3n) is 4.79. The number of rotatable bonds is 6. The minimum Gasteiger partial charge on any atom is -0.303 e. The molecular weight excluding hydrogens is 244 g/mol. The van der Waals surface area contributed by atoms with E-state index in [1.54, 1.807) is 0 Å². The van der Waals surface area contributed by atoms with Crippen LogP contribution >= 0.6 is 11.6 Å². The Kier molecular flexibility index (Phi) is 6.26. The smallest absolute Gasteiger partial charge is 0.0223 e. The van der Waals surface area contributed by atoms with Gasteiger partial charge in [-0.05, 0) is 64.7 Å². The summed E-state index contributed by atoms with van der Waals surface area (Å²) in [6.45, 7) is 5.31. The standard InChI is InChI=1S/C15H29ClN2/c1-17-10-6-7-14-13-18(12-8-15(14)17)11-5-3-2-4-9-16/h14-15H,2-13H2,1H3. The number of piperidine rings is 2. The van der Waals surface area contributed by atoms with Crippen LogP contribution < -0.4 is 0 Å². The summed E-state index contributed by atoms with van der Waals surface area (Å²) in [5.41, 5.74) is 0. The molecule has 0 aromatic heterocycles. The van der Waals surface area contributed by atoms with Crippen molar-refractivity contribution in [1.82, 2.24) is 9.80 Å². The van der Waals surface area contributed by atoms with Crippen LogP contribution in [0.5, 0.6) is 0 Å². The zero-order valence-corrected chi connectivity index (χ0v) is 12.7. The van der Waals surface area contributed by atoms with Crippen LogP contribution in [0.25, 0.3) is 0 Å². The lowest BCUT2D eigenvalue weighted by Gasteiger charge is -2.46. The van der Waals surface area contributed by atoms with Crippen LogP contribution in [-0.2, 0) is 0 Å². The molecule has 0 N–H and O–H groups in total. The molecule has 2 heterocycles. The second-order valence-corrected chi connectivity index (χ2v) is 6.52. The van der Waals surface area contributed by atoms with E-state index in [9.17, 15) is 0 Å². The normalized spacial score (nSPS) is 30.3. The van der Waals surface area contributed by atoms with Crippen LogP contribution in [0, 0.1) is 5.92 Å². The molecule has 0 bridgehead atoms. The van der Waals surface area contributed by atoms with Gasteiger partial charge in [-0.25, -0.2) is 0 Å². The molecule has 0 saturated carbocycles.